The molecule has 0 aromatic heterocycles. The van der Waals surface area contributed by atoms with Crippen LogP contribution in [0, 0.1) is 6.92 Å². The summed E-state index contributed by atoms with van der Waals surface area (Å²) in [6.45, 7) is 6.80. The first kappa shape index (κ1) is 20.4. The Morgan fingerprint density at radius 3 is 2.54 bits per heavy atom. The maximum absolute atomic E-state index is 6.14. The van der Waals surface area contributed by atoms with E-state index in [2.05, 4.69) is 0 Å². The third-order valence-electron chi connectivity index (χ3n) is 4.06. The Morgan fingerprint density at radius 2 is 1.86 bits per heavy atom. The highest BCUT2D eigenvalue weighted by Crippen LogP contribution is 2.25. The van der Waals surface area contributed by atoms with Crippen LogP contribution in [0.4, 0.5) is 5.69 Å². The average Bonchev–Trinajstić information content (AvgIpc) is 2.81. The zero-order valence-electron chi connectivity index (χ0n) is 16.3. The van der Waals surface area contributed by atoms with Gasteiger partial charge in [-0.2, -0.15) is 0 Å². The number of hydrogen-bond donors (Lipinski definition) is 1. The van der Waals surface area contributed by atoms with E-state index in [1.54, 1.807) is 0 Å². The van der Waals surface area contributed by atoms with Crippen molar-refractivity contribution in [3.8, 4) is 5.75 Å². The maximum atomic E-state index is 6.14. The van der Waals surface area contributed by atoms with Gasteiger partial charge in [-0.25, -0.2) is 20.6 Å². The molecule has 0 amide bonds. The second kappa shape index (κ2) is 9.25. The van der Waals surface area contributed by atoms with Gasteiger partial charge in [0.05, 0.1) is 11.8 Å². The van der Waals surface area contributed by atoms with Crippen LogP contribution >= 0.6 is 11.6 Å². The summed E-state index contributed by atoms with van der Waals surface area (Å²) >= 11 is 5.98. The molecule has 28 heavy (non-hydrogen) atoms. The first-order chi connectivity index (χ1) is 13.4. The van der Waals surface area contributed by atoms with Crippen LogP contribution in [-0.2, 0) is 16.3 Å². The molecular formula is C20H25ClN4O3. The van der Waals surface area contributed by atoms with Crippen molar-refractivity contribution in [1.29, 1.82) is 0 Å². The van der Waals surface area contributed by atoms with E-state index in [4.69, 9.17) is 36.9 Å². The summed E-state index contributed by atoms with van der Waals surface area (Å²) in [4.78, 5) is 16.9. The van der Waals surface area contributed by atoms with Crippen LogP contribution in [0.3, 0.4) is 0 Å². The molecule has 2 aromatic carbocycles. The monoisotopic (exact) mass is 404 g/mol. The van der Waals surface area contributed by atoms with Crippen molar-refractivity contribution in [3.63, 3.8) is 0 Å². The first-order valence-electron chi connectivity index (χ1n) is 9.04. The van der Waals surface area contributed by atoms with E-state index in [-0.39, 0.29) is 19.6 Å². The zero-order chi connectivity index (χ0) is 20.1. The van der Waals surface area contributed by atoms with E-state index in [0.29, 0.717) is 17.5 Å². The molecule has 0 atom stereocenters. The first-order valence-corrected chi connectivity index (χ1v) is 9.42. The van der Waals surface area contributed by atoms with Crippen molar-refractivity contribution in [2.75, 3.05) is 13.5 Å². The summed E-state index contributed by atoms with van der Waals surface area (Å²) in [6, 6.07) is 13.4. The Labute approximate surface area is 170 Å². The number of ether oxygens (including phenoxy) is 1. The number of halogens is 1. The Balaban J connectivity index is 1.87. The highest BCUT2D eigenvalue weighted by molar-refractivity contribution is 6.30. The summed E-state index contributed by atoms with van der Waals surface area (Å²) < 4.78 is 5.80. The van der Waals surface area contributed by atoms with E-state index < -0.39 is 0 Å². The Morgan fingerprint density at radius 1 is 1.14 bits per heavy atom. The van der Waals surface area contributed by atoms with Crippen LogP contribution in [0.5, 0.6) is 5.75 Å². The lowest BCUT2D eigenvalue weighted by Gasteiger charge is -2.26. The molecule has 8 heteroatoms. The molecule has 2 aromatic rings. The smallest absolute Gasteiger partial charge is 0.220 e. The van der Waals surface area contributed by atoms with Crippen molar-refractivity contribution in [2.45, 2.75) is 33.4 Å². The summed E-state index contributed by atoms with van der Waals surface area (Å²) in [6.07, 6.45) is 0.112. The van der Waals surface area contributed by atoms with Gasteiger partial charge in [-0.1, -0.05) is 23.7 Å². The van der Waals surface area contributed by atoms with Crippen molar-refractivity contribution in [2.24, 2.45) is 10.8 Å². The second-order valence-electron chi connectivity index (χ2n) is 6.82. The highest BCUT2D eigenvalue weighted by Gasteiger charge is 2.22. The van der Waals surface area contributed by atoms with Crippen molar-refractivity contribution in [1.82, 2.24) is 9.91 Å². The van der Waals surface area contributed by atoms with Gasteiger partial charge in [0.15, 0.2) is 13.5 Å². The van der Waals surface area contributed by atoms with Crippen LogP contribution in [0.1, 0.15) is 25.0 Å². The van der Waals surface area contributed by atoms with Crippen molar-refractivity contribution < 1.29 is 14.5 Å². The number of hydrogen-bond acceptors (Lipinski definition) is 5. The second-order valence-corrected chi connectivity index (χ2v) is 7.25. The van der Waals surface area contributed by atoms with Crippen LogP contribution in [0.25, 0.3) is 0 Å². The average molecular weight is 405 g/mol. The number of nitrogens with two attached hydrogens (primary N) is 1. The molecule has 1 aliphatic heterocycles. The molecule has 1 fully saturated rings. The summed E-state index contributed by atoms with van der Waals surface area (Å²) in [5.74, 6) is 7.53. The number of hydrazine groups is 1. The molecule has 0 unspecified atom stereocenters. The van der Waals surface area contributed by atoms with Gasteiger partial charge in [-0.15, -0.1) is 0 Å². The number of aryl methyl sites for hydroxylation is 1. The minimum atomic E-state index is 0.0729. The standard InChI is InChI=1S/C20H25ClN4O3/c1-14(2)28-19-9-8-18(10-15(19)3)23-20-24(12-26-27-13-25(20)22)11-16-4-6-17(21)7-5-16/h4-10,14H,11-13,22H2,1-3H3/b23-20-. The number of nitrogens with zero attached hydrogens (tertiary/aromatic N) is 3. The Bertz CT molecular complexity index is 827. The van der Waals surface area contributed by atoms with Crippen molar-refractivity contribution >= 4 is 23.2 Å². The lowest BCUT2D eigenvalue weighted by Crippen LogP contribution is -2.46. The molecule has 1 heterocycles. The predicted octanol–water partition coefficient (Wildman–Crippen LogP) is 3.98. The minimum Gasteiger partial charge on any atom is -0.491 e. The topological polar surface area (TPSA) is 72.5 Å². The number of aliphatic imine (C=N–C) groups is 1. The molecule has 1 saturated heterocycles. The fourth-order valence-electron chi connectivity index (χ4n) is 2.76. The lowest BCUT2D eigenvalue weighted by molar-refractivity contribution is -0.314. The quantitative estimate of drug-likeness (QED) is 0.600. The molecule has 0 spiro atoms. The minimum absolute atomic E-state index is 0.0729. The lowest BCUT2D eigenvalue weighted by atomic mass is 10.2. The van der Waals surface area contributed by atoms with Gasteiger partial charge in [-0.3, -0.25) is 5.01 Å². The maximum Gasteiger partial charge on any atom is 0.220 e. The highest BCUT2D eigenvalue weighted by atomic mass is 35.5. The third kappa shape index (κ3) is 5.36. The van der Waals surface area contributed by atoms with Gasteiger partial charge in [0.25, 0.3) is 0 Å². The van der Waals surface area contributed by atoms with E-state index in [1.165, 1.54) is 5.01 Å². The third-order valence-corrected chi connectivity index (χ3v) is 4.31. The van der Waals surface area contributed by atoms with Gasteiger partial charge in [0, 0.05) is 11.6 Å². The van der Waals surface area contributed by atoms with Crippen LogP contribution in [0.15, 0.2) is 47.5 Å². The zero-order valence-corrected chi connectivity index (χ0v) is 17.0. The van der Waals surface area contributed by atoms with Gasteiger partial charge >= 0.3 is 0 Å². The molecule has 150 valence electrons. The number of rotatable bonds is 5. The van der Waals surface area contributed by atoms with E-state index in [0.717, 1.165) is 22.6 Å². The van der Waals surface area contributed by atoms with Crippen LogP contribution in [-0.4, -0.2) is 35.4 Å². The SMILES string of the molecule is Cc1cc(/N=C2\N(N)COOCN2Cc2ccc(Cl)cc2)ccc1OC(C)C. The van der Waals surface area contributed by atoms with E-state index in [1.807, 2.05) is 68.1 Å². The van der Waals surface area contributed by atoms with E-state index in [9.17, 15) is 0 Å². The van der Waals surface area contributed by atoms with Gasteiger partial charge in [0.2, 0.25) is 5.96 Å². The molecule has 0 bridgehead atoms. The molecule has 7 nitrogen and oxygen atoms in total. The molecular weight excluding hydrogens is 380 g/mol. The van der Waals surface area contributed by atoms with Crippen LogP contribution in [0.2, 0.25) is 5.02 Å². The summed E-state index contributed by atoms with van der Waals surface area (Å²) in [5.41, 5.74) is 2.82. The Hall–Kier alpha value is -2.32. The largest absolute Gasteiger partial charge is 0.491 e. The number of guanidine groups is 1. The Kier molecular flexibility index (Phi) is 6.74. The number of benzene rings is 2. The van der Waals surface area contributed by atoms with Gasteiger partial charge < -0.3 is 9.64 Å². The fraction of sp³-hybridized carbons (Fsp3) is 0.350. The van der Waals surface area contributed by atoms with Crippen LogP contribution < -0.4 is 10.6 Å². The summed E-state index contributed by atoms with van der Waals surface area (Å²) in [7, 11) is 0. The van der Waals surface area contributed by atoms with E-state index >= 15 is 0 Å². The molecule has 1 aliphatic rings. The molecule has 2 N–H and O–H groups in total. The predicted molar refractivity (Wildman–Crippen MR) is 109 cm³/mol. The molecule has 0 saturated carbocycles. The van der Waals surface area contributed by atoms with Crippen molar-refractivity contribution in [3.05, 3.63) is 58.6 Å². The molecule has 0 aliphatic carbocycles. The molecule has 0 radical (unpaired) electrons. The fourth-order valence-corrected chi connectivity index (χ4v) is 2.88. The molecule has 3 rings (SSSR count). The summed E-state index contributed by atoms with van der Waals surface area (Å²) in [5, 5.41) is 2.10. The van der Waals surface area contributed by atoms with Gasteiger partial charge in [-0.05, 0) is 62.2 Å². The normalized spacial score (nSPS) is 16.6. The van der Waals surface area contributed by atoms with Gasteiger partial charge in [0.1, 0.15) is 5.75 Å².